The van der Waals surface area contributed by atoms with Crippen molar-refractivity contribution in [1.29, 1.82) is 0 Å². The van der Waals surface area contributed by atoms with E-state index in [9.17, 15) is 0 Å². The van der Waals surface area contributed by atoms with Gasteiger partial charge in [-0.3, -0.25) is 4.90 Å². The second-order valence-electron chi connectivity index (χ2n) is 5.74. The van der Waals surface area contributed by atoms with Crippen LogP contribution in [0.15, 0.2) is 12.3 Å². The van der Waals surface area contributed by atoms with Crippen molar-refractivity contribution >= 4 is 11.6 Å². The lowest BCUT2D eigenvalue weighted by atomic mass is 9.93. The lowest BCUT2D eigenvalue weighted by Crippen LogP contribution is -2.33. The highest BCUT2D eigenvalue weighted by Crippen LogP contribution is 2.27. The zero-order valence-corrected chi connectivity index (χ0v) is 13.8. The van der Waals surface area contributed by atoms with Crippen LogP contribution in [0.3, 0.4) is 0 Å². The lowest BCUT2D eigenvalue weighted by Gasteiger charge is -2.31. The molecule has 1 aliphatic rings. The maximum absolute atomic E-state index is 5.89. The third kappa shape index (κ3) is 3.28. The molecule has 1 aliphatic heterocycles. The van der Waals surface area contributed by atoms with Gasteiger partial charge in [-0.05, 0) is 57.4 Å². The molecule has 0 radical (unpaired) electrons. The number of aromatic nitrogens is 5. The molecule has 1 saturated heterocycles. The summed E-state index contributed by atoms with van der Waals surface area (Å²) in [6, 6.07) is 1.98. The summed E-state index contributed by atoms with van der Waals surface area (Å²) in [5.41, 5.74) is 3.33. The lowest BCUT2D eigenvalue weighted by molar-refractivity contribution is 0.197. The summed E-state index contributed by atoms with van der Waals surface area (Å²) in [6.45, 7) is 8.03. The SMILES string of the molecule is CCn1nnc(C)c1CN1CCC(c2ccnc(Cl)n2)CC1. The number of piperidine rings is 1. The van der Waals surface area contributed by atoms with Gasteiger partial charge >= 0.3 is 0 Å². The molecule has 0 N–H and O–H groups in total. The van der Waals surface area contributed by atoms with Crippen molar-refractivity contribution in [2.45, 2.75) is 45.7 Å². The fraction of sp³-hybridized carbons (Fsp3) is 0.600. The van der Waals surface area contributed by atoms with Crippen molar-refractivity contribution in [1.82, 2.24) is 29.9 Å². The average Bonchev–Trinajstić information content (AvgIpc) is 2.88. The minimum absolute atomic E-state index is 0.341. The number of likely N-dealkylation sites (tertiary alicyclic amines) is 1. The van der Waals surface area contributed by atoms with Gasteiger partial charge in [-0.25, -0.2) is 14.6 Å². The molecule has 0 atom stereocenters. The van der Waals surface area contributed by atoms with E-state index in [2.05, 4.69) is 32.1 Å². The van der Waals surface area contributed by atoms with Crippen molar-refractivity contribution in [2.75, 3.05) is 13.1 Å². The molecule has 0 spiro atoms. The first kappa shape index (κ1) is 15.4. The van der Waals surface area contributed by atoms with E-state index in [1.54, 1.807) is 6.20 Å². The molecule has 2 aromatic rings. The Morgan fingerprint density at radius 3 is 2.77 bits per heavy atom. The molecule has 0 aliphatic carbocycles. The van der Waals surface area contributed by atoms with Crippen molar-refractivity contribution < 1.29 is 0 Å². The third-order valence-corrected chi connectivity index (χ3v) is 4.54. The molecule has 0 unspecified atom stereocenters. The second kappa shape index (κ2) is 6.71. The monoisotopic (exact) mass is 320 g/mol. The Hall–Kier alpha value is -1.53. The molecular formula is C15H21ClN6. The van der Waals surface area contributed by atoms with Crippen LogP contribution in [0.25, 0.3) is 0 Å². The van der Waals surface area contributed by atoms with E-state index in [1.807, 2.05) is 17.7 Å². The van der Waals surface area contributed by atoms with E-state index >= 15 is 0 Å². The third-order valence-electron chi connectivity index (χ3n) is 4.36. The van der Waals surface area contributed by atoms with Crippen molar-refractivity contribution in [3.05, 3.63) is 34.6 Å². The van der Waals surface area contributed by atoms with Gasteiger partial charge in [0.05, 0.1) is 11.4 Å². The maximum Gasteiger partial charge on any atom is 0.222 e. The summed E-state index contributed by atoms with van der Waals surface area (Å²) in [4.78, 5) is 10.8. The Labute approximate surface area is 135 Å². The first-order valence-corrected chi connectivity index (χ1v) is 8.15. The highest BCUT2D eigenvalue weighted by Gasteiger charge is 2.23. The van der Waals surface area contributed by atoms with Gasteiger partial charge in [0.1, 0.15) is 0 Å². The minimum atomic E-state index is 0.341. The number of hydrogen-bond acceptors (Lipinski definition) is 5. The summed E-state index contributed by atoms with van der Waals surface area (Å²) in [5.74, 6) is 0.479. The van der Waals surface area contributed by atoms with Gasteiger partial charge in [0.25, 0.3) is 0 Å². The predicted octanol–water partition coefficient (Wildman–Crippen LogP) is 2.43. The zero-order chi connectivity index (χ0) is 15.5. The highest BCUT2D eigenvalue weighted by atomic mass is 35.5. The number of nitrogens with zero attached hydrogens (tertiary/aromatic N) is 6. The molecule has 0 aromatic carbocycles. The van der Waals surface area contributed by atoms with Crippen LogP contribution in [0.2, 0.25) is 5.28 Å². The van der Waals surface area contributed by atoms with Crippen LogP contribution in [0.4, 0.5) is 0 Å². The Balaban J connectivity index is 1.61. The predicted molar refractivity (Wildman–Crippen MR) is 84.7 cm³/mol. The van der Waals surface area contributed by atoms with Crippen LogP contribution >= 0.6 is 11.6 Å². The quantitative estimate of drug-likeness (QED) is 0.810. The van der Waals surface area contributed by atoms with Gasteiger partial charge in [0, 0.05) is 30.9 Å². The number of halogens is 1. The Morgan fingerprint density at radius 2 is 2.09 bits per heavy atom. The smallest absolute Gasteiger partial charge is 0.222 e. The van der Waals surface area contributed by atoms with E-state index in [4.69, 9.17) is 11.6 Å². The molecule has 0 bridgehead atoms. The highest BCUT2D eigenvalue weighted by molar-refractivity contribution is 6.28. The number of aryl methyl sites for hydroxylation is 2. The minimum Gasteiger partial charge on any atom is -0.297 e. The Kier molecular flexibility index (Phi) is 4.69. The fourth-order valence-corrected chi connectivity index (χ4v) is 3.20. The van der Waals surface area contributed by atoms with Gasteiger partial charge in [0.15, 0.2) is 0 Å². The summed E-state index contributed by atoms with van der Waals surface area (Å²) in [6.07, 6.45) is 3.94. The van der Waals surface area contributed by atoms with Gasteiger partial charge in [-0.1, -0.05) is 5.21 Å². The summed E-state index contributed by atoms with van der Waals surface area (Å²) in [5, 5.41) is 8.70. The van der Waals surface area contributed by atoms with E-state index < -0.39 is 0 Å². The van der Waals surface area contributed by atoms with Crippen molar-refractivity contribution in [2.24, 2.45) is 0 Å². The first-order valence-electron chi connectivity index (χ1n) is 7.77. The largest absolute Gasteiger partial charge is 0.297 e. The Morgan fingerprint density at radius 1 is 1.32 bits per heavy atom. The molecule has 0 amide bonds. The van der Waals surface area contributed by atoms with E-state index in [1.165, 1.54) is 5.69 Å². The summed E-state index contributed by atoms with van der Waals surface area (Å²) in [7, 11) is 0. The van der Waals surface area contributed by atoms with E-state index in [0.717, 1.165) is 50.4 Å². The maximum atomic E-state index is 5.89. The number of rotatable bonds is 4. The molecule has 6 nitrogen and oxygen atoms in total. The summed E-state index contributed by atoms with van der Waals surface area (Å²) < 4.78 is 1.99. The molecule has 2 aromatic heterocycles. The topological polar surface area (TPSA) is 59.7 Å². The Bertz CT molecular complexity index is 633. The fourth-order valence-electron chi connectivity index (χ4n) is 3.04. The molecule has 7 heteroatoms. The van der Waals surface area contributed by atoms with Crippen LogP contribution in [0.1, 0.15) is 42.8 Å². The summed E-state index contributed by atoms with van der Waals surface area (Å²) >= 11 is 5.89. The van der Waals surface area contributed by atoms with Crippen molar-refractivity contribution in [3.63, 3.8) is 0 Å². The average molecular weight is 321 g/mol. The van der Waals surface area contributed by atoms with Crippen LogP contribution < -0.4 is 0 Å². The van der Waals surface area contributed by atoms with Crippen LogP contribution in [-0.4, -0.2) is 43.0 Å². The van der Waals surface area contributed by atoms with Gasteiger partial charge < -0.3 is 0 Å². The van der Waals surface area contributed by atoms with E-state index in [0.29, 0.717) is 11.2 Å². The molecule has 118 valence electrons. The van der Waals surface area contributed by atoms with Gasteiger partial charge in [0.2, 0.25) is 5.28 Å². The first-order chi connectivity index (χ1) is 10.7. The zero-order valence-electron chi connectivity index (χ0n) is 13.0. The van der Waals surface area contributed by atoms with Crippen LogP contribution in [0, 0.1) is 6.92 Å². The number of hydrogen-bond donors (Lipinski definition) is 0. The van der Waals surface area contributed by atoms with Gasteiger partial charge in [-0.2, -0.15) is 0 Å². The van der Waals surface area contributed by atoms with Gasteiger partial charge in [-0.15, -0.1) is 5.10 Å². The normalized spacial score (nSPS) is 17.0. The molecule has 22 heavy (non-hydrogen) atoms. The molecule has 0 saturated carbocycles. The van der Waals surface area contributed by atoms with Crippen LogP contribution in [-0.2, 0) is 13.1 Å². The standard InChI is InChI=1S/C15H21ClN6/c1-3-22-14(11(2)19-20-22)10-21-8-5-12(6-9-21)13-4-7-17-15(16)18-13/h4,7,12H,3,5-6,8-10H2,1-2H3. The molecular weight excluding hydrogens is 300 g/mol. The molecule has 1 fully saturated rings. The molecule has 3 heterocycles. The van der Waals surface area contributed by atoms with Crippen LogP contribution in [0.5, 0.6) is 0 Å². The van der Waals surface area contributed by atoms with Crippen molar-refractivity contribution in [3.8, 4) is 0 Å². The molecule has 3 rings (SSSR count). The second-order valence-corrected chi connectivity index (χ2v) is 6.08. The van der Waals surface area contributed by atoms with E-state index in [-0.39, 0.29) is 0 Å².